The van der Waals surface area contributed by atoms with Crippen molar-refractivity contribution in [3.63, 3.8) is 0 Å². The number of Topliss-reactive ketones (excluding diaryl/α,β-unsaturated/α-hetero) is 3. The zero-order chi connectivity index (χ0) is 59.5. The molecule has 0 aliphatic carbocycles. The molecule has 17 nitrogen and oxygen atoms in total. The molecule has 7 aromatic carbocycles. The Hall–Kier alpha value is -9.41. The molecule has 5 N–H and O–H groups in total. The van der Waals surface area contributed by atoms with Gasteiger partial charge in [0, 0.05) is 42.5 Å². The number of carbonyl (C=O) groups excluding carboxylic acids is 4. The Bertz CT molecular complexity index is 4040. The molecule has 0 aromatic heterocycles. The zero-order valence-corrected chi connectivity index (χ0v) is 44.5. The van der Waals surface area contributed by atoms with Crippen LogP contribution in [-0.4, -0.2) is 90.6 Å². The van der Waals surface area contributed by atoms with Crippen LogP contribution in [0.15, 0.2) is 165 Å². The number of hydrogen-bond acceptors (Lipinski definition) is 12. The van der Waals surface area contributed by atoms with Crippen LogP contribution in [0.5, 0.6) is 0 Å². The lowest BCUT2D eigenvalue weighted by Crippen LogP contribution is -2.41. The lowest BCUT2D eigenvalue weighted by atomic mass is 9.73. The Kier molecular flexibility index (Phi) is 16.9. The van der Waals surface area contributed by atoms with E-state index in [9.17, 15) is 75.6 Å². The Balaban J connectivity index is 1.15. The van der Waals surface area contributed by atoms with E-state index in [4.69, 9.17) is 0 Å². The van der Waals surface area contributed by atoms with Gasteiger partial charge in [0.15, 0.2) is 17.3 Å². The van der Waals surface area contributed by atoms with Crippen molar-refractivity contribution in [2.45, 2.75) is 77.8 Å². The van der Waals surface area contributed by atoms with E-state index >= 15 is 13.2 Å². The number of carboxylic acids is 4. The molecule has 416 valence electrons. The first-order chi connectivity index (χ1) is 38.0. The molecule has 0 fully saturated rings. The number of benzene rings is 7. The monoisotopic (exact) mass is 1150 g/mol. The zero-order valence-electron chi connectivity index (χ0n) is 42.8. The maximum Gasteiger partial charge on any atom is 0.402 e. The van der Waals surface area contributed by atoms with Gasteiger partial charge in [0.1, 0.15) is 5.41 Å². The van der Waals surface area contributed by atoms with Gasteiger partial charge in [0.25, 0.3) is 5.91 Å². The molecule has 1 unspecified atom stereocenters. The number of carbonyl (C=O) groups is 8. The second-order valence-electron chi connectivity index (χ2n) is 18.7. The minimum Gasteiger partial charge on any atom is -0.478 e. The average Bonchev–Trinajstić information content (AvgIpc) is 3.54. The molecule has 0 saturated heterocycles. The number of amides is 1. The van der Waals surface area contributed by atoms with Crippen molar-refractivity contribution in [2.75, 3.05) is 0 Å². The summed E-state index contributed by atoms with van der Waals surface area (Å²) in [6.45, 7) is 3.28. The first-order valence-electron chi connectivity index (χ1n) is 24.2. The van der Waals surface area contributed by atoms with Crippen LogP contribution < -0.4 is 5.32 Å². The minimum atomic E-state index is -5.28. The van der Waals surface area contributed by atoms with E-state index in [0.717, 1.165) is 48.5 Å². The van der Waals surface area contributed by atoms with Gasteiger partial charge >= 0.3 is 30.1 Å². The van der Waals surface area contributed by atoms with E-state index in [2.05, 4.69) is 5.32 Å². The van der Waals surface area contributed by atoms with Gasteiger partial charge in [-0.1, -0.05) is 67.6 Å². The normalized spacial score (nSPS) is 12.4. The third-order valence-corrected chi connectivity index (χ3v) is 16.9. The molecule has 0 aliphatic heterocycles. The maximum absolute atomic E-state index is 15.6. The van der Waals surface area contributed by atoms with Crippen LogP contribution in [-0.2, 0) is 44.5 Å². The summed E-state index contributed by atoms with van der Waals surface area (Å²) in [6.07, 6.45) is -6.69. The van der Waals surface area contributed by atoms with Crippen molar-refractivity contribution in [1.82, 2.24) is 5.32 Å². The van der Waals surface area contributed by atoms with E-state index in [1.54, 1.807) is 13.0 Å². The Morgan fingerprint density at radius 3 is 1.25 bits per heavy atom. The van der Waals surface area contributed by atoms with Crippen LogP contribution >= 0.6 is 0 Å². The molecular formula is C59H46F3NO16S2. The van der Waals surface area contributed by atoms with Crippen LogP contribution in [0.4, 0.5) is 13.2 Å². The predicted molar refractivity (Wildman–Crippen MR) is 283 cm³/mol. The molecule has 0 aliphatic rings. The summed E-state index contributed by atoms with van der Waals surface area (Å²) in [5.74, 6) is -10.4. The summed E-state index contributed by atoms with van der Waals surface area (Å²) in [4.78, 5) is 102. The number of sulfone groups is 2. The van der Waals surface area contributed by atoms with Crippen LogP contribution in [0, 0.1) is 6.92 Å². The Labute approximate surface area is 460 Å². The van der Waals surface area contributed by atoms with E-state index < -0.39 is 153 Å². The third-order valence-electron chi connectivity index (χ3n) is 13.4. The van der Waals surface area contributed by atoms with Crippen LogP contribution in [0.1, 0.15) is 137 Å². The van der Waals surface area contributed by atoms with Gasteiger partial charge in [0.05, 0.1) is 47.4 Å². The summed E-state index contributed by atoms with van der Waals surface area (Å²) < 4.78 is 102. The van der Waals surface area contributed by atoms with Crippen LogP contribution in [0.25, 0.3) is 0 Å². The summed E-state index contributed by atoms with van der Waals surface area (Å²) >= 11 is 0. The number of rotatable bonds is 21. The average molecular weight is 1150 g/mol. The van der Waals surface area contributed by atoms with Crippen molar-refractivity contribution < 1.29 is 88.8 Å². The molecule has 0 saturated carbocycles. The van der Waals surface area contributed by atoms with E-state index in [-0.39, 0.29) is 42.7 Å². The number of nitrogens with one attached hydrogen (secondary N) is 1. The number of aryl methyl sites for hydroxylation is 1. The highest BCUT2D eigenvalue weighted by Gasteiger charge is 2.54. The number of aromatic carboxylic acids is 4. The largest absolute Gasteiger partial charge is 0.478 e. The number of ketones is 3. The fourth-order valence-corrected chi connectivity index (χ4v) is 11.8. The van der Waals surface area contributed by atoms with Crippen molar-refractivity contribution in [1.29, 1.82) is 0 Å². The number of halogens is 3. The van der Waals surface area contributed by atoms with Crippen LogP contribution in [0.2, 0.25) is 0 Å². The first kappa shape index (κ1) is 59.3. The lowest BCUT2D eigenvalue weighted by Gasteiger charge is -2.34. The highest BCUT2D eigenvalue weighted by molar-refractivity contribution is 7.91. The molecule has 0 heterocycles. The fourth-order valence-electron chi connectivity index (χ4n) is 8.96. The molecule has 0 spiro atoms. The SMILES string of the molecule is CCC(=O)c1cc(C(=O)Cc2cccc(S(=O)(=O)c3cccc(CNC(=O)c4cc(C(C)(c5ccc(C(=O)O)c(C(=O)Cc6cccc(S(=O)(=O)c7cccc(C)c7)c6)c5)C(F)(F)F)ccc4C(=O)O)c3)c2)c(C(=O)O)cc1C(=O)O. The van der Waals surface area contributed by atoms with E-state index in [1.165, 1.54) is 85.8 Å². The standard InChI is InChI=1S/C59H46F3NO16S2/c1-4-50(64)45-29-46(49(57(74)75)30-48(45)56(72)73)52(66)26-34-11-7-15-40(23-34)81(78,79)41-16-8-12-35(24-41)31-63-53(67)47-28-37(18-20-43(47)55(70)71)58(3,59(60,61)62)36-17-19-42(54(68)69)44(27-36)51(65)25-33-10-6-14-39(22-33)80(76,77)38-13-5-9-32(2)21-38/h5-24,27-30H,4,25-26,31H2,1-3H3,(H,63,67)(H,68,69)(H,70,71)(H,72,73)(H,74,75). The summed E-state index contributed by atoms with van der Waals surface area (Å²) in [7, 11) is -8.55. The molecule has 22 heteroatoms. The van der Waals surface area contributed by atoms with Crippen molar-refractivity contribution in [3.05, 3.63) is 223 Å². The van der Waals surface area contributed by atoms with E-state index in [0.29, 0.717) is 24.6 Å². The first-order valence-corrected chi connectivity index (χ1v) is 27.1. The van der Waals surface area contributed by atoms with Gasteiger partial charge in [-0.15, -0.1) is 0 Å². The van der Waals surface area contributed by atoms with Gasteiger partial charge in [0.2, 0.25) is 19.7 Å². The maximum atomic E-state index is 15.6. The van der Waals surface area contributed by atoms with Crippen molar-refractivity contribution in [2.24, 2.45) is 0 Å². The highest BCUT2D eigenvalue weighted by Crippen LogP contribution is 2.47. The lowest BCUT2D eigenvalue weighted by molar-refractivity contribution is -0.173. The van der Waals surface area contributed by atoms with Gasteiger partial charge in [-0.3, -0.25) is 19.2 Å². The number of carboxylic acid groups (broad SMARTS) is 4. The Morgan fingerprint density at radius 1 is 0.444 bits per heavy atom. The second-order valence-corrected chi connectivity index (χ2v) is 22.6. The number of hydrogen-bond donors (Lipinski definition) is 5. The van der Waals surface area contributed by atoms with Gasteiger partial charge in [-0.25, -0.2) is 36.0 Å². The smallest absolute Gasteiger partial charge is 0.402 e. The molecule has 7 aromatic rings. The highest BCUT2D eigenvalue weighted by atomic mass is 32.2. The molecule has 0 radical (unpaired) electrons. The molecule has 7 rings (SSSR count). The van der Waals surface area contributed by atoms with Crippen LogP contribution in [0.3, 0.4) is 0 Å². The molecule has 1 atom stereocenters. The van der Waals surface area contributed by atoms with Gasteiger partial charge in [-0.05, 0) is 132 Å². The summed E-state index contributed by atoms with van der Waals surface area (Å²) in [5, 5.41) is 42.0. The summed E-state index contributed by atoms with van der Waals surface area (Å²) in [5.41, 5.74) is -8.76. The summed E-state index contributed by atoms with van der Waals surface area (Å²) in [6, 6.07) is 27.4. The number of alkyl halides is 3. The predicted octanol–water partition coefficient (Wildman–Crippen LogP) is 9.70. The topological polar surface area (TPSA) is 298 Å². The molecule has 81 heavy (non-hydrogen) atoms. The molecule has 1 amide bonds. The van der Waals surface area contributed by atoms with Crippen molar-refractivity contribution >= 4 is 66.8 Å². The fraction of sp³-hybridized carbons (Fsp3) is 0.153. The molecular weight excluding hydrogens is 1100 g/mol. The van der Waals surface area contributed by atoms with Gasteiger partial charge in [-0.2, -0.15) is 13.2 Å². The minimum absolute atomic E-state index is 0.0404. The van der Waals surface area contributed by atoms with E-state index in [1.807, 2.05) is 0 Å². The quantitative estimate of drug-likeness (QED) is 0.0418. The third kappa shape index (κ3) is 12.3. The molecule has 0 bridgehead atoms. The van der Waals surface area contributed by atoms with Crippen molar-refractivity contribution in [3.8, 4) is 0 Å². The Morgan fingerprint density at radius 2 is 0.815 bits per heavy atom. The van der Waals surface area contributed by atoms with Gasteiger partial charge < -0.3 is 25.7 Å². The second kappa shape index (κ2) is 23.1.